The number of urea groups is 1. The highest BCUT2D eigenvalue weighted by molar-refractivity contribution is 6.07. The number of ether oxygens (including phenoxy) is 1. The predicted molar refractivity (Wildman–Crippen MR) is 168 cm³/mol. The molecule has 6 rings (SSSR count). The van der Waals surface area contributed by atoms with Crippen LogP contribution in [0.5, 0.6) is 0 Å². The topological polar surface area (TPSA) is 85.9 Å². The molecular formula is C34H37N5O3. The van der Waals surface area contributed by atoms with Crippen molar-refractivity contribution in [2.45, 2.75) is 19.4 Å². The van der Waals surface area contributed by atoms with E-state index in [1.165, 1.54) is 11.1 Å². The first-order valence-corrected chi connectivity index (χ1v) is 14.7. The standard InChI is InChI=1S/C34H37N5O3/c40-33(35-16-6-17-38-19-21-42-22-20-38)30-23-28(13-14-32(30)39-18-15-25-7-1-2-9-27(25)24-39)36-34(41)37-31-12-5-10-26-8-3-4-11-29(26)31/h1-5,7-14,23H,6,15-22,24H2,(H,35,40)(H2,36,37,41). The van der Waals surface area contributed by atoms with Crippen LogP contribution in [-0.4, -0.2) is 62.8 Å². The number of amides is 3. The lowest BCUT2D eigenvalue weighted by Crippen LogP contribution is -2.38. The zero-order chi connectivity index (χ0) is 28.7. The lowest BCUT2D eigenvalue weighted by molar-refractivity contribution is 0.0374. The van der Waals surface area contributed by atoms with Crippen LogP contribution in [0.2, 0.25) is 0 Å². The second kappa shape index (κ2) is 13.1. The van der Waals surface area contributed by atoms with Crippen LogP contribution in [0.4, 0.5) is 21.9 Å². The van der Waals surface area contributed by atoms with Crippen LogP contribution in [0, 0.1) is 0 Å². The van der Waals surface area contributed by atoms with Gasteiger partial charge >= 0.3 is 6.03 Å². The highest BCUT2D eigenvalue weighted by Gasteiger charge is 2.22. The van der Waals surface area contributed by atoms with Crippen molar-refractivity contribution in [2.75, 3.05) is 61.5 Å². The summed E-state index contributed by atoms with van der Waals surface area (Å²) in [6, 6.07) is 27.5. The maximum Gasteiger partial charge on any atom is 0.323 e. The molecular weight excluding hydrogens is 526 g/mol. The Kier molecular flexibility index (Phi) is 8.63. The molecule has 1 fully saturated rings. The second-order valence-corrected chi connectivity index (χ2v) is 10.8. The first kappa shape index (κ1) is 27.8. The van der Waals surface area contributed by atoms with Crippen LogP contribution in [0.3, 0.4) is 0 Å². The van der Waals surface area contributed by atoms with Crippen molar-refractivity contribution in [3.05, 3.63) is 102 Å². The van der Waals surface area contributed by atoms with E-state index in [1.807, 2.05) is 54.6 Å². The summed E-state index contributed by atoms with van der Waals surface area (Å²) in [4.78, 5) is 31.2. The number of carbonyl (C=O) groups is 2. The molecule has 216 valence electrons. The molecule has 0 saturated carbocycles. The molecule has 3 amide bonds. The molecule has 2 aliphatic heterocycles. The van der Waals surface area contributed by atoms with E-state index < -0.39 is 0 Å². The van der Waals surface area contributed by atoms with Crippen LogP contribution in [0.25, 0.3) is 10.8 Å². The maximum atomic E-state index is 13.6. The molecule has 0 radical (unpaired) electrons. The molecule has 0 aliphatic carbocycles. The van der Waals surface area contributed by atoms with Crippen molar-refractivity contribution >= 4 is 39.8 Å². The van der Waals surface area contributed by atoms with Crippen molar-refractivity contribution in [3.8, 4) is 0 Å². The maximum absolute atomic E-state index is 13.6. The van der Waals surface area contributed by atoms with E-state index in [-0.39, 0.29) is 11.9 Å². The SMILES string of the molecule is O=C(Nc1ccc(N2CCc3ccccc3C2)c(C(=O)NCCCN2CCOCC2)c1)Nc1cccc2ccccc12. The summed E-state index contributed by atoms with van der Waals surface area (Å²) in [6.07, 6.45) is 1.79. The normalized spacial score (nSPS) is 15.2. The van der Waals surface area contributed by atoms with Crippen molar-refractivity contribution in [1.29, 1.82) is 0 Å². The third-order valence-corrected chi connectivity index (χ3v) is 8.05. The third kappa shape index (κ3) is 6.56. The summed E-state index contributed by atoms with van der Waals surface area (Å²) >= 11 is 0. The molecule has 0 bridgehead atoms. The molecule has 8 heteroatoms. The van der Waals surface area contributed by atoms with Gasteiger partial charge < -0.3 is 25.6 Å². The first-order chi connectivity index (χ1) is 20.6. The Balaban J connectivity index is 1.18. The molecule has 0 spiro atoms. The van der Waals surface area contributed by atoms with Crippen molar-refractivity contribution < 1.29 is 14.3 Å². The highest BCUT2D eigenvalue weighted by Crippen LogP contribution is 2.30. The minimum absolute atomic E-state index is 0.135. The van der Waals surface area contributed by atoms with Gasteiger partial charge in [0.15, 0.2) is 0 Å². The van der Waals surface area contributed by atoms with E-state index in [0.717, 1.165) is 80.9 Å². The lowest BCUT2D eigenvalue weighted by atomic mass is 9.98. The van der Waals surface area contributed by atoms with Gasteiger partial charge in [-0.2, -0.15) is 0 Å². The summed E-state index contributed by atoms with van der Waals surface area (Å²) in [6.45, 7) is 6.47. The van der Waals surface area contributed by atoms with E-state index in [0.29, 0.717) is 17.8 Å². The number of nitrogens with zero attached hydrogens (tertiary/aromatic N) is 2. The van der Waals surface area contributed by atoms with E-state index in [2.05, 4.69) is 50.0 Å². The number of hydrogen-bond acceptors (Lipinski definition) is 5. The van der Waals surface area contributed by atoms with E-state index in [4.69, 9.17) is 4.74 Å². The first-order valence-electron chi connectivity index (χ1n) is 14.7. The Labute approximate surface area is 246 Å². The molecule has 8 nitrogen and oxygen atoms in total. The van der Waals surface area contributed by atoms with Gasteiger partial charge in [-0.3, -0.25) is 9.69 Å². The monoisotopic (exact) mass is 563 g/mol. The second-order valence-electron chi connectivity index (χ2n) is 10.8. The lowest BCUT2D eigenvalue weighted by Gasteiger charge is -2.32. The molecule has 42 heavy (non-hydrogen) atoms. The van der Waals surface area contributed by atoms with Gasteiger partial charge in [-0.15, -0.1) is 0 Å². The van der Waals surface area contributed by atoms with Crippen LogP contribution in [0.1, 0.15) is 27.9 Å². The number of morpholine rings is 1. The van der Waals surface area contributed by atoms with Gasteiger partial charge in [0.25, 0.3) is 5.91 Å². The summed E-state index contributed by atoms with van der Waals surface area (Å²) in [5.74, 6) is -0.135. The molecule has 4 aromatic carbocycles. The van der Waals surface area contributed by atoms with Crippen LogP contribution in [-0.2, 0) is 17.7 Å². The minimum atomic E-state index is -0.358. The van der Waals surface area contributed by atoms with Gasteiger partial charge in [-0.05, 0) is 60.2 Å². The number of nitrogens with one attached hydrogen (secondary N) is 3. The molecule has 1 saturated heterocycles. The van der Waals surface area contributed by atoms with Gasteiger partial charge in [0.05, 0.1) is 24.5 Å². The fourth-order valence-electron chi connectivity index (χ4n) is 5.82. The van der Waals surface area contributed by atoms with Gasteiger partial charge in [-0.1, -0.05) is 60.7 Å². The quantitative estimate of drug-likeness (QED) is 0.247. The largest absolute Gasteiger partial charge is 0.379 e. The van der Waals surface area contributed by atoms with Crippen LogP contribution >= 0.6 is 0 Å². The fourth-order valence-corrected chi connectivity index (χ4v) is 5.82. The highest BCUT2D eigenvalue weighted by atomic mass is 16.5. The van der Waals surface area contributed by atoms with Crippen molar-refractivity contribution in [2.24, 2.45) is 0 Å². The number of anilines is 3. The third-order valence-electron chi connectivity index (χ3n) is 8.05. The van der Waals surface area contributed by atoms with E-state index in [1.54, 1.807) is 6.07 Å². The van der Waals surface area contributed by atoms with Crippen LogP contribution in [0.15, 0.2) is 84.9 Å². The van der Waals surface area contributed by atoms with Gasteiger partial charge in [0.1, 0.15) is 0 Å². The average molecular weight is 564 g/mol. The zero-order valence-corrected chi connectivity index (χ0v) is 23.8. The summed E-state index contributed by atoms with van der Waals surface area (Å²) in [5.41, 5.74) is 5.35. The minimum Gasteiger partial charge on any atom is -0.379 e. The Hall–Kier alpha value is -4.40. The van der Waals surface area contributed by atoms with Crippen molar-refractivity contribution in [3.63, 3.8) is 0 Å². The van der Waals surface area contributed by atoms with Crippen LogP contribution < -0.4 is 20.9 Å². The number of fused-ring (bicyclic) bond motifs is 2. The Morgan fingerprint density at radius 1 is 0.810 bits per heavy atom. The zero-order valence-electron chi connectivity index (χ0n) is 23.8. The number of hydrogen-bond donors (Lipinski definition) is 3. The molecule has 4 aromatic rings. The Bertz CT molecular complexity index is 1560. The predicted octanol–water partition coefficient (Wildman–Crippen LogP) is 5.50. The summed E-state index contributed by atoms with van der Waals surface area (Å²) in [7, 11) is 0. The molecule has 0 aromatic heterocycles. The molecule has 2 heterocycles. The van der Waals surface area contributed by atoms with Gasteiger partial charge in [0.2, 0.25) is 0 Å². The van der Waals surface area contributed by atoms with Crippen molar-refractivity contribution in [1.82, 2.24) is 10.2 Å². The Morgan fingerprint density at radius 3 is 2.48 bits per heavy atom. The van der Waals surface area contributed by atoms with Gasteiger partial charge in [-0.25, -0.2) is 4.79 Å². The smallest absolute Gasteiger partial charge is 0.323 e. The number of rotatable bonds is 8. The molecule has 0 unspecified atom stereocenters. The number of benzene rings is 4. The average Bonchev–Trinajstić information content (AvgIpc) is 3.03. The van der Waals surface area contributed by atoms with E-state index >= 15 is 0 Å². The Morgan fingerprint density at radius 2 is 1.60 bits per heavy atom. The van der Waals surface area contributed by atoms with Gasteiger partial charge in [0, 0.05) is 49.5 Å². The molecule has 2 aliphatic rings. The molecule has 0 atom stereocenters. The fraction of sp³-hybridized carbons (Fsp3) is 0.294. The molecule has 3 N–H and O–H groups in total. The number of carbonyl (C=O) groups excluding carboxylic acids is 2. The summed E-state index contributed by atoms with van der Waals surface area (Å²) < 4.78 is 5.44. The summed E-state index contributed by atoms with van der Waals surface area (Å²) in [5, 5.41) is 11.1. The van der Waals surface area contributed by atoms with E-state index in [9.17, 15) is 9.59 Å².